The van der Waals surface area contributed by atoms with Gasteiger partial charge in [0, 0.05) is 11.8 Å². The van der Waals surface area contributed by atoms with E-state index in [0.29, 0.717) is 11.3 Å². The van der Waals surface area contributed by atoms with Crippen LogP contribution in [0.2, 0.25) is 0 Å². The minimum Gasteiger partial charge on any atom is -0.478 e. The Morgan fingerprint density at radius 3 is 2.71 bits per heavy atom. The van der Waals surface area contributed by atoms with Crippen molar-refractivity contribution in [3.8, 4) is 0 Å². The van der Waals surface area contributed by atoms with Gasteiger partial charge in [0.2, 0.25) is 0 Å². The van der Waals surface area contributed by atoms with Gasteiger partial charge in [-0.3, -0.25) is 4.72 Å². The molecular weight excluding hydrogens is 310 g/mol. The van der Waals surface area contributed by atoms with Crippen molar-refractivity contribution >= 4 is 39.1 Å². The summed E-state index contributed by atoms with van der Waals surface area (Å²) in [6.45, 7) is 1.81. The molecule has 0 radical (unpaired) electrons. The van der Waals surface area contributed by atoms with Crippen molar-refractivity contribution in [2.24, 2.45) is 0 Å². The summed E-state index contributed by atoms with van der Waals surface area (Å²) in [5.41, 5.74) is 1.83. The van der Waals surface area contributed by atoms with Crippen molar-refractivity contribution in [3.05, 3.63) is 52.9 Å². The lowest BCUT2D eigenvalue weighted by molar-refractivity contribution is -0.131. The first-order valence-corrected chi connectivity index (χ1v) is 8.32. The zero-order valence-corrected chi connectivity index (χ0v) is 12.7. The Kier molecular flexibility index (Phi) is 4.44. The highest BCUT2D eigenvalue weighted by atomic mass is 32.2. The highest BCUT2D eigenvalue weighted by Crippen LogP contribution is 2.22. The van der Waals surface area contributed by atoms with E-state index in [4.69, 9.17) is 5.11 Å². The Bertz CT molecular complexity index is 777. The van der Waals surface area contributed by atoms with Crippen LogP contribution in [0.3, 0.4) is 0 Å². The largest absolute Gasteiger partial charge is 0.478 e. The fourth-order valence-corrected chi connectivity index (χ4v) is 3.79. The van der Waals surface area contributed by atoms with Crippen LogP contribution in [-0.4, -0.2) is 19.5 Å². The second kappa shape index (κ2) is 6.11. The van der Waals surface area contributed by atoms with Gasteiger partial charge in [-0.15, -0.1) is 11.3 Å². The molecule has 0 spiro atoms. The molecule has 2 rings (SSSR count). The van der Waals surface area contributed by atoms with Gasteiger partial charge in [-0.2, -0.15) is 0 Å². The first-order valence-electron chi connectivity index (χ1n) is 5.96. The van der Waals surface area contributed by atoms with Crippen LogP contribution < -0.4 is 4.72 Å². The van der Waals surface area contributed by atoms with Crippen molar-refractivity contribution in [1.29, 1.82) is 0 Å². The predicted molar refractivity (Wildman–Crippen MR) is 83.0 cm³/mol. The molecule has 21 heavy (non-hydrogen) atoms. The fraction of sp³-hybridized carbons (Fsp3) is 0.0714. The van der Waals surface area contributed by atoms with Crippen molar-refractivity contribution in [3.63, 3.8) is 0 Å². The number of rotatable bonds is 5. The number of anilines is 1. The second-order valence-corrected chi connectivity index (χ2v) is 7.20. The van der Waals surface area contributed by atoms with Crippen molar-refractivity contribution in [2.75, 3.05) is 4.72 Å². The molecular formula is C14H13NO4S2. The van der Waals surface area contributed by atoms with Gasteiger partial charge in [-0.1, -0.05) is 12.1 Å². The number of nitrogens with one attached hydrogen (secondary N) is 1. The van der Waals surface area contributed by atoms with Gasteiger partial charge in [0.05, 0.1) is 0 Å². The SMILES string of the molecule is Cc1cc(/C=C/C(=O)O)cc(NS(=O)(=O)c2cccs2)c1. The molecule has 110 valence electrons. The number of hydrogen-bond donors (Lipinski definition) is 2. The molecule has 0 aliphatic heterocycles. The van der Waals surface area contributed by atoms with Gasteiger partial charge >= 0.3 is 5.97 Å². The molecule has 1 aromatic heterocycles. The fourth-order valence-electron chi connectivity index (χ4n) is 1.76. The van der Waals surface area contributed by atoms with Crippen LogP contribution in [-0.2, 0) is 14.8 Å². The molecule has 0 aliphatic carbocycles. The lowest BCUT2D eigenvalue weighted by Crippen LogP contribution is -2.11. The highest BCUT2D eigenvalue weighted by molar-refractivity contribution is 7.94. The van der Waals surface area contributed by atoms with E-state index in [1.165, 1.54) is 12.1 Å². The molecule has 0 unspecified atom stereocenters. The average Bonchev–Trinajstić information content (AvgIpc) is 2.89. The molecule has 0 atom stereocenters. The van der Waals surface area contributed by atoms with Gasteiger partial charge in [0.15, 0.2) is 0 Å². The summed E-state index contributed by atoms with van der Waals surface area (Å²) in [7, 11) is -3.61. The van der Waals surface area contributed by atoms with Gasteiger partial charge in [-0.05, 0) is 47.7 Å². The van der Waals surface area contributed by atoms with Gasteiger partial charge in [0.1, 0.15) is 4.21 Å². The van der Waals surface area contributed by atoms with Crippen LogP contribution in [0, 0.1) is 6.92 Å². The summed E-state index contributed by atoms with van der Waals surface area (Å²) in [5.74, 6) is -1.06. The Balaban J connectivity index is 2.31. The predicted octanol–water partition coefficient (Wildman–Crippen LogP) is 2.96. The van der Waals surface area contributed by atoms with Crippen molar-refractivity contribution in [2.45, 2.75) is 11.1 Å². The Hall–Kier alpha value is -2.12. The maximum absolute atomic E-state index is 12.1. The van der Waals surface area contributed by atoms with Gasteiger partial charge < -0.3 is 5.11 Å². The third kappa shape index (κ3) is 4.17. The zero-order chi connectivity index (χ0) is 15.5. The smallest absolute Gasteiger partial charge is 0.328 e. The van der Waals surface area contributed by atoms with Crippen molar-refractivity contribution < 1.29 is 18.3 Å². The summed E-state index contributed by atoms with van der Waals surface area (Å²) >= 11 is 1.13. The summed E-state index contributed by atoms with van der Waals surface area (Å²) in [5, 5.41) is 10.3. The number of thiophene rings is 1. The van der Waals surface area contributed by atoms with E-state index in [0.717, 1.165) is 23.0 Å². The number of benzene rings is 1. The lowest BCUT2D eigenvalue weighted by atomic mass is 10.1. The van der Waals surface area contributed by atoms with Crippen LogP contribution in [0.1, 0.15) is 11.1 Å². The normalized spacial score (nSPS) is 11.7. The van der Waals surface area contributed by atoms with Gasteiger partial charge in [-0.25, -0.2) is 13.2 Å². The number of hydrogen-bond acceptors (Lipinski definition) is 4. The molecule has 1 aromatic carbocycles. The standard InChI is InChI=1S/C14H13NO4S2/c1-10-7-11(4-5-13(16)17)9-12(8-10)15-21(18,19)14-3-2-6-20-14/h2-9,15H,1H3,(H,16,17)/b5-4+. The minimum absolute atomic E-state index is 0.228. The van der Waals surface area contributed by atoms with E-state index in [2.05, 4.69) is 4.72 Å². The van der Waals surface area contributed by atoms with E-state index in [9.17, 15) is 13.2 Å². The molecule has 2 N–H and O–H groups in total. The molecule has 0 saturated heterocycles. The van der Waals surface area contributed by atoms with Crippen LogP contribution in [0.5, 0.6) is 0 Å². The summed E-state index contributed by atoms with van der Waals surface area (Å²) in [4.78, 5) is 10.5. The summed E-state index contributed by atoms with van der Waals surface area (Å²) in [6, 6.07) is 8.22. The molecule has 1 heterocycles. The van der Waals surface area contributed by atoms with Crippen LogP contribution in [0.4, 0.5) is 5.69 Å². The average molecular weight is 323 g/mol. The lowest BCUT2D eigenvalue weighted by Gasteiger charge is -2.08. The number of sulfonamides is 1. The minimum atomic E-state index is -3.61. The number of aliphatic carboxylic acids is 1. The van der Waals surface area contributed by atoms with Gasteiger partial charge in [0.25, 0.3) is 10.0 Å². The van der Waals surface area contributed by atoms with E-state index in [-0.39, 0.29) is 4.21 Å². The van der Waals surface area contributed by atoms with E-state index >= 15 is 0 Å². The van der Waals surface area contributed by atoms with Crippen LogP contribution >= 0.6 is 11.3 Å². The Morgan fingerprint density at radius 2 is 2.10 bits per heavy atom. The number of carboxylic acids is 1. The molecule has 0 amide bonds. The van der Waals surface area contributed by atoms with Crippen molar-refractivity contribution in [1.82, 2.24) is 0 Å². The topological polar surface area (TPSA) is 83.5 Å². The molecule has 0 fully saturated rings. The van der Waals surface area contributed by atoms with Crippen LogP contribution in [0.25, 0.3) is 6.08 Å². The number of carbonyl (C=O) groups is 1. The molecule has 0 bridgehead atoms. The first kappa shape index (κ1) is 15.3. The molecule has 0 aliphatic rings. The van der Waals surface area contributed by atoms with E-state index < -0.39 is 16.0 Å². The van der Waals surface area contributed by atoms with E-state index in [1.54, 1.807) is 36.6 Å². The first-order chi connectivity index (χ1) is 9.87. The summed E-state index contributed by atoms with van der Waals surface area (Å²) < 4.78 is 27.0. The number of carboxylic acid groups (broad SMARTS) is 1. The molecule has 7 heteroatoms. The quantitative estimate of drug-likeness (QED) is 0.829. The molecule has 5 nitrogen and oxygen atoms in total. The second-order valence-electron chi connectivity index (χ2n) is 4.34. The highest BCUT2D eigenvalue weighted by Gasteiger charge is 2.15. The monoisotopic (exact) mass is 323 g/mol. The zero-order valence-electron chi connectivity index (χ0n) is 11.1. The number of aryl methyl sites for hydroxylation is 1. The molecule has 0 saturated carbocycles. The Morgan fingerprint density at radius 1 is 1.33 bits per heavy atom. The third-order valence-corrected chi connectivity index (χ3v) is 5.31. The molecule has 2 aromatic rings. The van der Waals surface area contributed by atoms with Crippen LogP contribution in [0.15, 0.2) is 46.0 Å². The van der Waals surface area contributed by atoms with E-state index in [1.807, 2.05) is 0 Å². The maximum atomic E-state index is 12.1. The maximum Gasteiger partial charge on any atom is 0.328 e. The third-order valence-electron chi connectivity index (χ3n) is 2.53. The Labute approximate surface area is 126 Å². The summed E-state index contributed by atoms with van der Waals surface area (Å²) in [6.07, 6.45) is 2.42.